The van der Waals surface area contributed by atoms with Crippen LogP contribution in [0.5, 0.6) is 0 Å². The zero-order valence-electron chi connectivity index (χ0n) is 19.0. The Morgan fingerprint density at radius 3 is 2.44 bits per heavy atom. The number of carbonyl (C=O) groups excluding carboxylic acids is 2. The number of pyridine rings is 1. The number of carbonyl (C=O) groups is 2. The average Bonchev–Trinajstić information content (AvgIpc) is 3.38. The minimum atomic E-state index is -0.677. The number of hydrogen-bond donors (Lipinski definition) is 2. The molecular formula is C25H28FN5O2S. The van der Waals surface area contributed by atoms with E-state index < -0.39 is 11.8 Å². The maximum atomic E-state index is 13.3. The van der Waals surface area contributed by atoms with Crippen molar-refractivity contribution in [3.05, 3.63) is 82.6 Å². The first-order valence-electron chi connectivity index (χ1n) is 11.3. The highest BCUT2D eigenvalue weighted by Gasteiger charge is 2.32. The van der Waals surface area contributed by atoms with Crippen LogP contribution in [0, 0.1) is 5.82 Å². The van der Waals surface area contributed by atoms with Gasteiger partial charge in [-0.1, -0.05) is 12.1 Å². The second-order valence-electron chi connectivity index (χ2n) is 8.23. The Morgan fingerprint density at radius 1 is 1.03 bits per heavy atom. The van der Waals surface area contributed by atoms with Crippen LogP contribution in [0.4, 0.5) is 10.1 Å². The van der Waals surface area contributed by atoms with Gasteiger partial charge in [-0.3, -0.25) is 19.5 Å². The number of amides is 2. The van der Waals surface area contributed by atoms with E-state index in [4.69, 9.17) is 0 Å². The third-order valence-corrected chi connectivity index (χ3v) is 6.87. The van der Waals surface area contributed by atoms with Crippen molar-refractivity contribution in [1.82, 2.24) is 20.5 Å². The average molecular weight is 482 g/mol. The largest absolute Gasteiger partial charge is 0.369 e. The normalized spacial score (nSPS) is 16.0. The number of halogens is 1. The molecule has 1 aromatic carbocycles. The lowest BCUT2D eigenvalue weighted by atomic mass is 10.0. The summed E-state index contributed by atoms with van der Waals surface area (Å²) in [4.78, 5) is 34.8. The Labute approximate surface area is 202 Å². The van der Waals surface area contributed by atoms with Crippen molar-refractivity contribution in [3.63, 3.8) is 0 Å². The van der Waals surface area contributed by atoms with E-state index in [-0.39, 0.29) is 24.4 Å². The molecule has 1 saturated heterocycles. The molecule has 0 saturated carbocycles. The molecule has 1 aliphatic rings. The van der Waals surface area contributed by atoms with Gasteiger partial charge in [0.05, 0.1) is 18.3 Å². The zero-order chi connectivity index (χ0) is 23.9. The summed E-state index contributed by atoms with van der Waals surface area (Å²) < 4.78 is 13.3. The molecule has 7 nitrogen and oxygen atoms in total. The SMILES string of the molecule is CC(NC(=O)C(=O)NCc1ccccn1)C(c1cccs1)N1CCN(c2ccc(F)cc2)CC1. The van der Waals surface area contributed by atoms with Crippen LogP contribution in [0.25, 0.3) is 0 Å². The summed E-state index contributed by atoms with van der Waals surface area (Å²) in [5.74, 6) is -1.58. The molecule has 34 heavy (non-hydrogen) atoms. The van der Waals surface area contributed by atoms with E-state index in [1.54, 1.807) is 41.8 Å². The van der Waals surface area contributed by atoms with Crippen LogP contribution in [0.3, 0.4) is 0 Å². The number of aromatic nitrogens is 1. The molecule has 1 aliphatic heterocycles. The molecule has 2 N–H and O–H groups in total. The van der Waals surface area contributed by atoms with Crippen LogP contribution in [-0.4, -0.2) is 53.9 Å². The Hall–Kier alpha value is -3.30. The van der Waals surface area contributed by atoms with E-state index in [1.165, 1.54) is 12.1 Å². The van der Waals surface area contributed by atoms with Crippen LogP contribution in [0.1, 0.15) is 23.5 Å². The van der Waals surface area contributed by atoms with Gasteiger partial charge in [0.15, 0.2) is 0 Å². The summed E-state index contributed by atoms with van der Waals surface area (Å²) in [5.41, 5.74) is 1.69. The molecule has 9 heteroatoms. The van der Waals surface area contributed by atoms with E-state index >= 15 is 0 Å². The Morgan fingerprint density at radius 2 is 1.79 bits per heavy atom. The summed E-state index contributed by atoms with van der Waals surface area (Å²) in [6, 6.07) is 15.7. The van der Waals surface area contributed by atoms with Crippen molar-refractivity contribution in [2.45, 2.75) is 25.6 Å². The fraction of sp³-hybridized carbons (Fsp3) is 0.320. The van der Waals surface area contributed by atoms with Gasteiger partial charge in [-0.25, -0.2) is 4.39 Å². The molecule has 3 aromatic rings. The predicted octanol–water partition coefficient (Wildman–Crippen LogP) is 2.97. The number of benzene rings is 1. The standard InChI is InChI=1S/C25H28FN5O2S/c1-18(29-25(33)24(32)28-17-20-5-2-3-11-27-20)23(22-6-4-16-34-22)31-14-12-30(13-15-31)21-9-7-19(26)8-10-21/h2-11,16,18,23H,12-15,17H2,1H3,(H,28,32)(H,29,33). The van der Waals surface area contributed by atoms with Crippen molar-refractivity contribution < 1.29 is 14.0 Å². The first kappa shape index (κ1) is 23.8. The molecule has 2 atom stereocenters. The fourth-order valence-corrected chi connectivity index (χ4v) is 5.18. The first-order chi connectivity index (χ1) is 16.5. The highest BCUT2D eigenvalue weighted by molar-refractivity contribution is 7.10. The summed E-state index contributed by atoms with van der Waals surface area (Å²) in [6.07, 6.45) is 1.64. The van der Waals surface area contributed by atoms with Gasteiger partial charge in [-0.15, -0.1) is 11.3 Å². The lowest BCUT2D eigenvalue weighted by Gasteiger charge is -2.42. The molecule has 1 fully saturated rings. The van der Waals surface area contributed by atoms with E-state index in [1.807, 2.05) is 24.4 Å². The van der Waals surface area contributed by atoms with Crippen LogP contribution in [0.2, 0.25) is 0 Å². The molecule has 2 unspecified atom stereocenters. The van der Waals surface area contributed by atoms with Crippen molar-refractivity contribution in [1.29, 1.82) is 0 Å². The van der Waals surface area contributed by atoms with Gasteiger partial charge >= 0.3 is 11.8 Å². The summed E-state index contributed by atoms with van der Waals surface area (Å²) in [6.45, 7) is 5.28. The number of hydrogen-bond acceptors (Lipinski definition) is 6. The highest BCUT2D eigenvalue weighted by atomic mass is 32.1. The fourth-order valence-electron chi connectivity index (χ4n) is 4.22. The second-order valence-corrected chi connectivity index (χ2v) is 9.20. The van der Waals surface area contributed by atoms with Crippen molar-refractivity contribution in [2.24, 2.45) is 0 Å². The van der Waals surface area contributed by atoms with E-state index in [0.29, 0.717) is 5.69 Å². The molecule has 0 aliphatic carbocycles. The Bertz CT molecular complexity index is 1070. The smallest absolute Gasteiger partial charge is 0.309 e. The summed E-state index contributed by atoms with van der Waals surface area (Å²) in [5, 5.41) is 7.54. The van der Waals surface area contributed by atoms with Gasteiger partial charge < -0.3 is 15.5 Å². The van der Waals surface area contributed by atoms with Crippen molar-refractivity contribution >= 4 is 28.8 Å². The number of rotatable bonds is 7. The lowest BCUT2D eigenvalue weighted by molar-refractivity contribution is -0.140. The highest BCUT2D eigenvalue weighted by Crippen LogP contribution is 2.30. The van der Waals surface area contributed by atoms with Crippen LogP contribution < -0.4 is 15.5 Å². The molecule has 4 rings (SSSR count). The minimum absolute atomic E-state index is 0.0529. The number of nitrogens with zero attached hydrogens (tertiary/aromatic N) is 3. The number of piperazine rings is 1. The third-order valence-electron chi connectivity index (χ3n) is 5.93. The summed E-state index contributed by atoms with van der Waals surface area (Å²) in [7, 11) is 0. The van der Waals surface area contributed by atoms with Gasteiger partial charge in [0.1, 0.15) is 5.82 Å². The van der Waals surface area contributed by atoms with Gasteiger partial charge in [0, 0.05) is 49.0 Å². The second kappa shape index (κ2) is 11.2. The summed E-state index contributed by atoms with van der Waals surface area (Å²) >= 11 is 1.64. The van der Waals surface area contributed by atoms with Gasteiger partial charge in [-0.05, 0) is 54.8 Å². The topological polar surface area (TPSA) is 77.6 Å². The zero-order valence-corrected chi connectivity index (χ0v) is 19.8. The molecule has 0 bridgehead atoms. The van der Waals surface area contributed by atoms with Crippen LogP contribution in [-0.2, 0) is 16.1 Å². The van der Waals surface area contributed by atoms with E-state index in [9.17, 15) is 14.0 Å². The molecular weight excluding hydrogens is 453 g/mol. The maximum Gasteiger partial charge on any atom is 0.309 e. The van der Waals surface area contributed by atoms with Crippen molar-refractivity contribution in [2.75, 3.05) is 31.1 Å². The molecule has 0 spiro atoms. The quantitative estimate of drug-likeness (QED) is 0.508. The minimum Gasteiger partial charge on any atom is -0.369 e. The maximum absolute atomic E-state index is 13.3. The lowest BCUT2D eigenvalue weighted by Crippen LogP contribution is -2.53. The Kier molecular flexibility index (Phi) is 7.87. The van der Waals surface area contributed by atoms with Gasteiger partial charge in [-0.2, -0.15) is 0 Å². The van der Waals surface area contributed by atoms with E-state index in [2.05, 4.69) is 31.5 Å². The number of nitrogens with one attached hydrogen (secondary N) is 2. The van der Waals surface area contributed by atoms with E-state index in [0.717, 1.165) is 36.7 Å². The van der Waals surface area contributed by atoms with Crippen LogP contribution >= 0.6 is 11.3 Å². The molecule has 3 heterocycles. The molecule has 2 amide bonds. The third kappa shape index (κ3) is 5.98. The predicted molar refractivity (Wildman–Crippen MR) is 131 cm³/mol. The number of anilines is 1. The molecule has 2 aromatic heterocycles. The first-order valence-corrected chi connectivity index (χ1v) is 12.2. The van der Waals surface area contributed by atoms with Gasteiger partial charge in [0.2, 0.25) is 0 Å². The molecule has 0 radical (unpaired) electrons. The molecule has 178 valence electrons. The number of thiophene rings is 1. The monoisotopic (exact) mass is 481 g/mol. The Balaban J connectivity index is 1.37. The van der Waals surface area contributed by atoms with Crippen LogP contribution in [0.15, 0.2) is 66.2 Å². The van der Waals surface area contributed by atoms with Gasteiger partial charge in [0.25, 0.3) is 0 Å². The van der Waals surface area contributed by atoms with Crippen molar-refractivity contribution in [3.8, 4) is 0 Å².